The molecule has 0 bridgehead atoms. The van der Waals surface area contributed by atoms with Crippen molar-refractivity contribution in [2.24, 2.45) is 0 Å². The molecule has 1 rings (SSSR count). The van der Waals surface area contributed by atoms with Crippen LogP contribution in [0.15, 0.2) is 30.3 Å². The molecule has 1 aromatic rings. The van der Waals surface area contributed by atoms with Gasteiger partial charge in [0.25, 0.3) is 0 Å². The number of nitrogens with one attached hydrogen (secondary N) is 2. The first-order valence-electron chi connectivity index (χ1n) is 6.21. The normalized spacial score (nSPS) is 11.1. The maximum atomic E-state index is 11.5. The average Bonchev–Trinajstić information content (AvgIpc) is 2.37. The Hall–Kier alpha value is -1.88. The van der Waals surface area contributed by atoms with E-state index in [2.05, 4.69) is 10.6 Å². The Labute approximate surface area is 113 Å². The van der Waals surface area contributed by atoms with Crippen molar-refractivity contribution < 1.29 is 14.7 Å². The molecule has 104 valence electrons. The molecule has 0 saturated carbocycles. The summed E-state index contributed by atoms with van der Waals surface area (Å²) in [6.07, 6.45) is 0.759. The monoisotopic (exact) mass is 264 g/mol. The van der Waals surface area contributed by atoms with Gasteiger partial charge < -0.3 is 10.4 Å². The lowest BCUT2D eigenvalue weighted by atomic mass is 10.1. The molecule has 0 saturated heterocycles. The van der Waals surface area contributed by atoms with Gasteiger partial charge >= 0.3 is 5.97 Å². The van der Waals surface area contributed by atoms with Crippen LogP contribution in [0.1, 0.15) is 19.4 Å². The molecule has 19 heavy (non-hydrogen) atoms. The van der Waals surface area contributed by atoms with E-state index in [1.54, 1.807) is 0 Å². The molecule has 0 spiro atoms. The summed E-state index contributed by atoms with van der Waals surface area (Å²) in [6, 6.07) is 9.85. The molecule has 0 aliphatic rings. The Balaban J connectivity index is 2.24. The van der Waals surface area contributed by atoms with Crippen LogP contribution in [-0.4, -0.2) is 35.6 Å². The molecule has 0 radical (unpaired) electrons. The highest BCUT2D eigenvalue weighted by Crippen LogP contribution is 2.00. The maximum absolute atomic E-state index is 11.5. The quantitative estimate of drug-likeness (QED) is 0.680. The van der Waals surface area contributed by atoms with E-state index in [1.807, 2.05) is 30.3 Å². The molecule has 0 unspecified atom stereocenters. The molecule has 0 aliphatic heterocycles. The average molecular weight is 264 g/mol. The van der Waals surface area contributed by atoms with Gasteiger partial charge in [-0.05, 0) is 25.8 Å². The standard InChI is InChI=1S/C14H20N2O3/c1-14(2,13(18)19)16-10-12(17)15-9-8-11-6-4-3-5-7-11/h3-7,16H,8-10H2,1-2H3,(H,15,17)(H,18,19). The van der Waals surface area contributed by atoms with Crippen molar-refractivity contribution in [1.82, 2.24) is 10.6 Å². The smallest absolute Gasteiger partial charge is 0.323 e. The number of hydrogen-bond donors (Lipinski definition) is 3. The highest BCUT2D eigenvalue weighted by molar-refractivity contribution is 5.81. The number of benzene rings is 1. The van der Waals surface area contributed by atoms with Crippen LogP contribution in [-0.2, 0) is 16.0 Å². The third-order valence-corrected chi connectivity index (χ3v) is 2.80. The van der Waals surface area contributed by atoms with E-state index in [4.69, 9.17) is 5.11 Å². The van der Waals surface area contributed by atoms with E-state index >= 15 is 0 Å². The van der Waals surface area contributed by atoms with Crippen molar-refractivity contribution in [1.29, 1.82) is 0 Å². The molecule has 5 nitrogen and oxygen atoms in total. The summed E-state index contributed by atoms with van der Waals surface area (Å²) in [5, 5.41) is 14.3. The molecule has 0 fully saturated rings. The Morgan fingerprint density at radius 2 is 1.84 bits per heavy atom. The number of carboxylic acid groups (broad SMARTS) is 1. The van der Waals surface area contributed by atoms with Gasteiger partial charge in [0.15, 0.2) is 0 Å². The number of hydrogen-bond acceptors (Lipinski definition) is 3. The van der Waals surface area contributed by atoms with Crippen LogP contribution < -0.4 is 10.6 Å². The first kappa shape index (κ1) is 15.2. The number of rotatable bonds is 7. The van der Waals surface area contributed by atoms with Gasteiger partial charge in [-0.15, -0.1) is 0 Å². The summed E-state index contributed by atoms with van der Waals surface area (Å²) >= 11 is 0. The van der Waals surface area contributed by atoms with Gasteiger partial charge in [0.1, 0.15) is 5.54 Å². The molecule has 0 aromatic heterocycles. The minimum absolute atomic E-state index is 0.00586. The maximum Gasteiger partial charge on any atom is 0.323 e. The van der Waals surface area contributed by atoms with Crippen LogP contribution in [0.25, 0.3) is 0 Å². The van der Waals surface area contributed by atoms with E-state index < -0.39 is 11.5 Å². The zero-order valence-electron chi connectivity index (χ0n) is 11.3. The second kappa shape index (κ2) is 6.89. The van der Waals surface area contributed by atoms with Crippen LogP contribution in [0.4, 0.5) is 0 Å². The third-order valence-electron chi connectivity index (χ3n) is 2.80. The zero-order valence-corrected chi connectivity index (χ0v) is 11.3. The first-order chi connectivity index (χ1) is 8.92. The fraction of sp³-hybridized carbons (Fsp3) is 0.429. The highest BCUT2D eigenvalue weighted by Gasteiger charge is 2.26. The second-order valence-electron chi connectivity index (χ2n) is 4.87. The number of carboxylic acids is 1. The lowest BCUT2D eigenvalue weighted by Gasteiger charge is -2.20. The Morgan fingerprint density at radius 3 is 2.42 bits per heavy atom. The molecule has 1 amide bonds. The zero-order chi connectivity index (χ0) is 14.3. The predicted molar refractivity (Wildman–Crippen MR) is 72.9 cm³/mol. The Bertz CT molecular complexity index is 430. The third kappa shape index (κ3) is 5.52. The number of carbonyl (C=O) groups is 2. The Kier molecular flexibility index (Phi) is 5.51. The molecule has 1 aromatic carbocycles. The van der Waals surface area contributed by atoms with Gasteiger partial charge in [0.05, 0.1) is 6.54 Å². The van der Waals surface area contributed by atoms with Crippen LogP contribution >= 0.6 is 0 Å². The van der Waals surface area contributed by atoms with E-state index in [0.29, 0.717) is 6.54 Å². The van der Waals surface area contributed by atoms with Gasteiger partial charge in [-0.3, -0.25) is 14.9 Å². The van der Waals surface area contributed by atoms with E-state index in [-0.39, 0.29) is 12.5 Å². The fourth-order valence-corrected chi connectivity index (χ4v) is 1.43. The van der Waals surface area contributed by atoms with Crippen LogP contribution in [0, 0.1) is 0 Å². The predicted octanol–water partition coefficient (Wildman–Crippen LogP) is 0.798. The second-order valence-corrected chi connectivity index (χ2v) is 4.87. The van der Waals surface area contributed by atoms with Gasteiger partial charge in [0, 0.05) is 6.54 Å². The molecule has 0 heterocycles. The minimum Gasteiger partial charge on any atom is -0.480 e. The van der Waals surface area contributed by atoms with Crippen LogP contribution in [0.2, 0.25) is 0 Å². The lowest BCUT2D eigenvalue weighted by Crippen LogP contribution is -2.50. The molecular weight excluding hydrogens is 244 g/mol. The van der Waals surface area contributed by atoms with Gasteiger partial charge in [-0.1, -0.05) is 30.3 Å². The fourth-order valence-electron chi connectivity index (χ4n) is 1.43. The molecular formula is C14H20N2O3. The summed E-state index contributed by atoms with van der Waals surface area (Å²) < 4.78 is 0. The van der Waals surface area contributed by atoms with E-state index in [0.717, 1.165) is 12.0 Å². The van der Waals surface area contributed by atoms with Crippen LogP contribution in [0.3, 0.4) is 0 Å². The number of aliphatic carboxylic acids is 1. The topological polar surface area (TPSA) is 78.4 Å². The number of carbonyl (C=O) groups excluding carboxylic acids is 1. The summed E-state index contributed by atoms with van der Waals surface area (Å²) in [6.45, 7) is 3.57. The van der Waals surface area contributed by atoms with Crippen molar-refractivity contribution in [3.05, 3.63) is 35.9 Å². The molecule has 0 aliphatic carbocycles. The minimum atomic E-state index is -1.10. The van der Waals surface area contributed by atoms with Crippen molar-refractivity contribution >= 4 is 11.9 Å². The van der Waals surface area contributed by atoms with Crippen molar-refractivity contribution in [3.8, 4) is 0 Å². The van der Waals surface area contributed by atoms with Crippen molar-refractivity contribution in [3.63, 3.8) is 0 Å². The SMILES string of the molecule is CC(C)(NCC(=O)NCCc1ccccc1)C(=O)O. The lowest BCUT2D eigenvalue weighted by molar-refractivity contribution is -0.143. The number of amides is 1. The summed E-state index contributed by atoms with van der Waals surface area (Å²) in [5.74, 6) is -1.19. The van der Waals surface area contributed by atoms with E-state index in [1.165, 1.54) is 13.8 Å². The summed E-state index contributed by atoms with van der Waals surface area (Å²) in [7, 11) is 0. The van der Waals surface area contributed by atoms with Gasteiger partial charge in [-0.25, -0.2) is 0 Å². The highest BCUT2D eigenvalue weighted by atomic mass is 16.4. The summed E-state index contributed by atoms with van der Waals surface area (Å²) in [5.41, 5.74) is 0.0539. The summed E-state index contributed by atoms with van der Waals surface area (Å²) in [4.78, 5) is 22.4. The molecule has 5 heteroatoms. The van der Waals surface area contributed by atoms with Crippen LogP contribution in [0.5, 0.6) is 0 Å². The van der Waals surface area contributed by atoms with Crippen molar-refractivity contribution in [2.45, 2.75) is 25.8 Å². The van der Waals surface area contributed by atoms with Crippen molar-refractivity contribution in [2.75, 3.05) is 13.1 Å². The van der Waals surface area contributed by atoms with Gasteiger partial charge in [0.2, 0.25) is 5.91 Å². The van der Waals surface area contributed by atoms with E-state index in [9.17, 15) is 9.59 Å². The molecule has 3 N–H and O–H groups in total. The largest absolute Gasteiger partial charge is 0.480 e. The first-order valence-corrected chi connectivity index (χ1v) is 6.21. The van der Waals surface area contributed by atoms with Gasteiger partial charge in [-0.2, -0.15) is 0 Å². The molecule has 0 atom stereocenters. The Morgan fingerprint density at radius 1 is 1.21 bits per heavy atom.